The largest absolute Gasteiger partial charge is 0.347 e. The van der Waals surface area contributed by atoms with Gasteiger partial charge in [-0.1, -0.05) is 6.92 Å². The lowest BCUT2D eigenvalue weighted by atomic mass is 10.0. The Bertz CT molecular complexity index is 185. The van der Waals surface area contributed by atoms with E-state index in [0.29, 0.717) is 0 Å². The standard InChI is InChI=1S/C11H21NO2S/c1-2-15-10-7-12-5-3-11(4-6-12)13-8-9-14-11/h2-10H2,1H3. The molecule has 0 aromatic heterocycles. The summed E-state index contributed by atoms with van der Waals surface area (Å²) in [6, 6.07) is 0. The highest BCUT2D eigenvalue weighted by molar-refractivity contribution is 7.99. The van der Waals surface area contributed by atoms with Crippen LogP contribution in [0.15, 0.2) is 0 Å². The lowest BCUT2D eigenvalue weighted by Crippen LogP contribution is -2.45. The lowest BCUT2D eigenvalue weighted by Gasteiger charge is -2.37. The van der Waals surface area contributed by atoms with E-state index in [1.165, 1.54) is 18.1 Å². The van der Waals surface area contributed by atoms with Crippen molar-refractivity contribution in [2.24, 2.45) is 0 Å². The van der Waals surface area contributed by atoms with Crippen molar-refractivity contribution in [3.63, 3.8) is 0 Å². The van der Waals surface area contributed by atoms with E-state index in [0.717, 1.165) is 39.1 Å². The Morgan fingerprint density at radius 3 is 2.47 bits per heavy atom. The van der Waals surface area contributed by atoms with Crippen molar-refractivity contribution in [2.45, 2.75) is 25.6 Å². The topological polar surface area (TPSA) is 21.7 Å². The quantitative estimate of drug-likeness (QED) is 0.685. The summed E-state index contributed by atoms with van der Waals surface area (Å²) in [5.74, 6) is 2.28. The SMILES string of the molecule is CCSCCN1CCC2(CC1)OCCO2. The number of hydrogen-bond donors (Lipinski definition) is 0. The zero-order valence-corrected chi connectivity index (χ0v) is 10.4. The Labute approximate surface area is 96.5 Å². The van der Waals surface area contributed by atoms with Crippen molar-refractivity contribution in [3.05, 3.63) is 0 Å². The molecule has 2 heterocycles. The fourth-order valence-corrected chi connectivity index (χ4v) is 2.92. The Balaban J connectivity index is 1.67. The first-order chi connectivity index (χ1) is 7.35. The molecule has 2 aliphatic rings. The summed E-state index contributed by atoms with van der Waals surface area (Å²) in [5, 5.41) is 0. The van der Waals surface area contributed by atoms with Crippen LogP contribution in [0, 0.1) is 0 Å². The van der Waals surface area contributed by atoms with Crippen LogP contribution in [-0.2, 0) is 9.47 Å². The molecule has 0 atom stereocenters. The van der Waals surface area contributed by atoms with Gasteiger partial charge in [-0.2, -0.15) is 11.8 Å². The maximum absolute atomic E-state index is 5.70. The Hall–Kier alpha value is 0.230. The third-order valence-corrected chi connectivity index (χ3v) is 4.07. The molecular formula is C11H21NO2S. The first-order valence-electron chi connectivity index (χ1n) is 5.93. The van der Waals surface area contributed by atoms with Crippen molar-refractivity contribution in [1.82, 2.24) is 4.90 Å². The molecular weight excluding hydrogens is 210 g/mol. The number of piperidine rings is 1. The van der Waals surface area contributed by atoms with E-state index >= 15 is 0 Å². The molecule has 0 N–H and O–H groups in total. The van der Waals surface area contributed by atoms with Crippen molar-refractivity contribution < 1.29 is 9.47 Å². The van der Waals surface area contributed by atoms with Crippen LogP contribution in [0.25, 0.3) is 0 Å². The van der Waals surface area contributed by atoms with Gasteiger partial charge in [0.25, 0.3) is 0 Å². The summed E-state index contributed by atoms with van der Waals surface area (Å²) in [7, 11) is 0. The normalized spacial score (nSPS) is 26.2. The van der Waals surface area contributed by atoms with Gasteiger partial charge in [0.05, 0.1) is 13.2 Å². The highest BCUT2D eigenvalue weighted by Crippen LogP contribution is 2.31. The third-order valence-electron chi connectivity index (χ3n) is 3.19. The van der Waals surface area contributed by atoms with Gasteiger partial charge in [0, 0.05) is 38.2 Å². The molecule has 0 aliphatic carbocycles. The average molecular weight is 231 g/mol. The van der Waals surface area contributed by atoms with Gasteiger partial charge in [0.1, 0.15) is 0 Å². The van der Waals surface area contributed by atoms with Crippen molar-refractivity contribution in [2.75, 3.05) is 44.4 Å². The molecule has 2 fully saturated rings. The predicted molar refractivity (Wildman–Crippen MR) is 63.3 cm³/mol. The molecule has 2 saturated heterocycles. The van der Waals surface area contributed by atoms with Crippen LogP contribution in [0.1, 0.15) is 19.8 Å². The second kappa shape index (κ2) is 5.53. The summed E-state index contributed by atoms with van der Waals surface area (Å²) in [5.41, 5.74) is 0. The van der Waals surface area contributed by atoms with Gasteiger partial charge in [-0.05, 0) is 5.75 Å². The molecule has 0 unspecified atom stereocenters. The minimum atomic E-state index is -0.200. The Morgan fingerprint density at radius 1 is 1.20 bits per heavy atom. The van der Waals surface area contributed by atoms with Crippen molar-refractivity contribution in [3.8, 4) is 0 Å². The molecule has 4 heteroatoms. The molecule has 15 heavy (non-hydrogen) atoms. The summed E-state index contributed by atoms with van der Waals surface area (Å²) in [6.45, 7) is 7.26. The van der Waals surface area contributed by atoms with E-state index < -0.39 is 0 Å². The van der Waals surface area contributed by atoms with Gasteiger partial charge in [0.15, 0.2) is 5.79 Å². The van der Waals surface area contributed by atoms with Gasteiger partial charge in [-0.25, -0.2) is 0 Å². The van der Waals surface area contributed by atoms with Crippen molar-refractivity contribution >= 4 is 11.8 Å². The van der Waals surface area contributed by atoms with Gasteiger partial charge in [-0.3, -0.25) is 0 Å². The van der Waals surface area contributed by atoms with Crippen LogP contribution in [0.2, 0.25) is 0 Å². The van der Waals surface area contributed by atoms with Gasteiger partial charge >= 0.3 is 0 Å². The van der Waals surface area contributed by atoms with E-state index in [1.807, 2.05) is 11.8 Å². The molecule has 88 valence electrons. The molecule has 0 radical (unpaired) electrons. The second-order valence-electron chi connectivity index (χ2n) is 4.15. The van der Waals surface area contributed by atoms with Crippen LogP contribution in [0.5, 0.6) is 0 Å². The van der Waals surface area contributed by atoms with E-state index in [2.05, 4.69) is 11.8 Å². The summed E-state index contributed by atoms with van der Waals surface area (Å²) < 4.78 is 11.4. The first kappa shape index (κ1) is 11.7. The minimum Gasteiger partial charge on any atom is -0.347 e. The predicted octanol–water partition coefficient (Wildman–Crippen LogP) is 1.58. The third kappa shape index (κ3) is 3.09. The van der Waals surface area contributed by atoms with Crippen LogP contribution in [0.3, 0.4) is 0 Å². The maximum Gasteiger partial charge on any atom is 0.170 e. The van der Waals surface area contributed by atoms with Crippen LogP contribution < -0.4 is 0 Å². The fraction of sp³-hybridized carbons (Fsp3) is 1.00. The molecule has 2 aliphatic heterocycles. The molecule has 0 amide bonds. The highest BCUT2D eigenvalue weighted by atomic mass is 32.2. The minimum absolute atomic E-state index is 0.200. The van der Waals surface area contributed by atoms with Gasteiger partial charge < -0.3 is 14.4 Å². The molecule has 0 aromatic rings. The van der Waals surface area contributed by atoms with Crippen LogP contribution in [-0.4, -0.2) is 55.0 Å². The maximum atomic E-state index is 5.70. The number of hydrogen-bond acceptors (Lipinski definition) is 4. The van der Waals surface area contributed by atoms with Crippen LogP contribution in [0.4, 0.5) is 0 Å². The van der Waals surface area contributed by atoms with E-state index in [4.69, 9.17) is 9.47 Å². The van der Waals surface area contributed by atoms with E-state index in [1.54, 1.807) is 0 Å². The summed E-state index contributed by atoms with van der Waals surface area (Å²) in [4.78, 5) is 2.53. The molecule has 0 saturated carbocycles. The second-order valence-corrected chi connectivity index (χ2v) is 5.54. The lowest BCUT2D eigenvalue weighted by molar-refractivity contribution is -0.184. The first-order valence-corrected chi connectivity index (χ1v) is 7.08. The monoisotopic (exact) mass is 231 g/mol. The zero-order valence-electron chi connectivity index (χ0n) is 9.54. The zero-order chi connectivity index (χ0) is 10.6. The van der Waals surface area contributed by atoms with Gasteiger partial charge in [0.2, 0.25) is 0 Å². The number of rotatable bonds is 4. The number of nitrogens with zero attached hydrogens (tertiary/aromatic N) is 1. The fourth-order valence-electron chi connectivity index (χ4n) is 2.24. The molecule has 1 spiro atoms. The number of ether oxygens (including phenoxy) is 2. The summed E-state index contributed by atoms with van der Waals surface area (Å²) in [6.07, 6.45) is 2.09. The Morgan fingerprint density at radius 2 is 1.87 bits per heavy atom. The molecule has 0 aromatic carbocycles. The highest BCUT2D eigenvalue weighted by Gasteiger charge is 2.39. The van der Waals surface area contributed by atoms with Crippen LogP contribution >= 0.6 is 11.8 Å². The molecule has 0 bridgehead atoms. The average Bonchev–Trinajstić information content (AvgIpc) is 2.71. The van der Waals surface area contributed by atoms with Gasteiger partial charge in [-0.15, -0.1) is 0 Å². The van der Waals surface area contributed by atoms with Crippen molar-refractivity contribution in [1.29, 1.82) is 0 Å². The number of thioether (sulfide) groups is 1. The van der Waals surface area contributed by atoms with E-state index in [9.17, 15) is 0 Å². The molecule has 2 rings (SSSR count). The number of likely N-dealkylation sites (tertiary alicyclic amines) is 1. The smallest absolute Gasteiger partial charge is 0.170 e. The summed E-state index contributed by atoms with van der Waals surface area (Å²) >= 11 is 2.02. The Kier molecular flexibility index (Phi) is 4.31. The molecule has 3 nitrogen and oxygen atoms in total. The van der Waals surface area contributed by atoms with E-state index in [-0.39, 0.29) is 5.79 Å².